The van der Waals surface area contributed by atoms with E-state index in [-0.39, 0.29) is 62.1 Å². The molecule has 276 valence electrons. The fourth-order valence-electron chi connectivity index (χ4n) is 6.17. The van der Waals surface area contributed by atoms with Gasteiger partial charge < -0.3 is 48.7 Å². The molecular formula is C38H52Li2N2O8S2. The summed E-state index contributed by atoms with van der Waals surface area (Å²) in [5.74, 6) is 3.26. The van der Waals surface area contributed by atoms with Crippen molar-refractivity contribution in [1.29, 1.82) is 0 Å². The molecule has 2 aromatic carbocycles. The summed E-state index contributed by atoms with van der Waals surface area (Å²) in [6, 6.07) is 15.7. The van der Waals surface area contributed by atoms with Gasteiger partial charge in [-0.15, -0.1) is 0 Å². The van der Waals surface area contributed by atoms with Gasteiger partial charge >= 0.3 is 37.7 Å². The molecule has 0 radical (unpaired) electrons. The van der Waals surface area contributed by atoms with Crippen molar-refractivity contribution in [2.75, 3.05) is 52.9 Å². The molecule has 0 bridgehead atoms. The Bertz CT molecular complexity index is 1090. The first-order valence-electron chi connectivity index (χ1n) is 17.9. The second kappa shape index (κ2) is 31.6. The van der Waals surface area contributed by atoms with Crippen molar-refractivity contribution in [3.05, 3.63) is 59.3 Å². The normalized spacial score (nSPS) is 23.5. The quantitative estimate of drug-likeness (QED) is 0.227. The average molecular weight is 743 g/mol. The Balaban J connectivity index is 0.000000437. The van der Waals surface area contributed by atoms with E-state index in [1.54, 1.807) is 0 Å². The molecular weight excluding hydrogens is 690 g/mol. The van der Waals surface area contributed by atoms with Crippen LogP contribution in [0.3, 0.4) is 0 Å². The molecule has 2 aliphatic carbocycles. The molecule has 0 aromatic heterocycles. The van der Waals surface area contributed by atoms with Crippen molar-refractivity contribution in [1.82, 2.24) is 0 Å². The SMILES string of the molecule is [Li+].[Li+].[N-]=C=S.[N-]=C=S.c1ccc2c(c1)OCCCO[C@H]1CCCC[C@H]1OCCCO2.c1ccc2c(c1)OCCCO[C@H]1CCCC[C@H]1OCCCO2. The third kappa shape index (κ3) is 19.6. The fourth-order valence-corrected chi connectivity index (χ4v) is 6.17. The van der Waals surface area contributed by atoms with Crippen LogP contribution in [0.4, 0.5) is 0 Å². The summed E-state index contributed by atoms with van der Waals surface area (Å²) in [7, 11) is 0. The summed E-state index contributed by atoms with van der Waals surface area (Å²) in [4.78, 5) is 0. The van der Waals surface area contributed by atoms with Gasteiger partial charge in [0.05, 0.1) is 77.3 Å². The average Bonchev–Trinajstić information content (AvgIpc) is 3.14. The van der Waals surface area contributed by atoms with Crippen molar-refractivity contribution in [3.8, 4) is 23.0 Å². The van der Waals surface area contributed by atoms with Crippen LogP contribution in [0.5, 0.6) is 23.0 Å². The van der Waals surface area contributed by atoms with Crippen molar-refractivity contribution in [3.63, 3.8) is 0 Å². The molecule has 6 rings (SSSR count). The fraction of sp³-hybridized carbons (Fsp3) is 0.632. The predicted octanol–water partition coefficient (Wildman–Crippen LogP) is 2.49. The van der Waals surface area contributed by atoms with Gasteiger partial charge in [0, 0.05) is 25.7 Å². The second-order valence-electron chi connectivity index (χ2n) is 12.1. The van der Waals surface area contributed by atoms with Gasteiger partial charge in [-0.05, 0) is 49.9 Å². The number of hydrogen-bond acceptors (Lipinski definition) is 10. The minimum absolute atomic E-state index is 0. The minimum Gasteiger partial charge on any atom is -0.753 e. The molecule has 0 spiro atoms. The summed E-state index contributed by atoms with van der Waals surface area (Å²) >= 11 is 7.40. The van der Waals surface area contributed by atoms with Gasteiger partial charge in [-0.25, -0.2) is 0 Å². The molecule has 4 atom stereocenters. The van der Waals surface area contributed by atoms with E-state index in [0.717, 1.165) is 101 Å². The van der Waals surface area contributed by atoms with Crippen molar-refractivity contribution >= 4 is 34.8 Å². The Kier molecular flexibility index (Phi) is 29.4. The molecule has 0 unspecified atom stereocenters. The van der Waals surface area contributed by atoms with Crippen LogP contribution in [0, 0.1) is 0 Å². The standard InChI is InChI=1S/2C18H26O4.2CNS.2Li/c2*1-2-8-16-15(7-1)19-11-5-13-21-17-9-3-4-10-18(17)22-14-6-12-20-16;2*2-1-3;;/h2*1-2,7-8,17-18H,3-6,9-14H2;;;;/q;;2*-1;2*+1/t2*17-,18+;;;;. The topological polar surface area (TPSA) is 118 Å². The molecule has 2 aromatic rings. The summed E-state index contributed by atoms with van der Waals surface area (Å²) in [5.41, 5.74) is 0. The van der Waals surface area contributed by atoms with Crippen molar-refractivity contribution < 1.29 is 75.6 Å². The minimum atomic E-state index is 0. The van der Waals surface area contributed by atoms with Crippen LogP contribution in [0.2, 0.25) is 0 Å². The molecule has 2 aliphatic heterocycles. The molecule has 2 heterocycles. The maximum atomic E-state index is 7.13. The van der Waals surface area contributed by atoms with E-state index < -0.39 is 0 Å². The molecule has 2 fully saturated rings. The number of rotatable bonds is 0. The summed E-state index contributed by atoms with van der Waals surface area (Å²) < 4.78 is 47.5. The molecule has 0 N–H and O–H groups in total. The number of para-hydroxylation sites is 4. The summed E-state index contributed by atoms with van der Waals surface area (Å²) in [6.07, 6.45) is 14.0. The molecule has 0 saturated heterocycles. The van der Waals surface area contributed by atoms with Gasteiger partial charge in [0.15, 0.2) is 23.0 Å². The number of nitrogens with zero attached hydrogens (tertiary/aromatic N) is 2. The van der Waals surface area contributed by atoms with E-state index >= 15 is 0 Å². The Morgan fingerprint density at radius 3 is 0.827 bits per heavy atom. The van der Waals surface area contributed by atoms with Crippen LogP contribution in [-0.4, -0.2) is 87.6 Å². The smallest absolute Gasteiger partial charge is 0.753 e. The Labute approximate surface area is 345 Å². The van der Waals surface area contributed by atoms with E-state index in [4.69, 9.17) is 48.7 Å². The molecule has 14 heteroatoms. The van der Waals surface area contributed by atoms with Crippen LogP contribution in [0.1, 0.15) is 77.0 Å². The van der Waals surface area contributed by atoms with Gasteiger partial charge in [-0.3, -0.25) is 0 Å². The van der Waals surface area contributed by atoms with E-state index in [2.05, 4.69) is 24.4 Å². The molecule has 0 amide bonds. The predicted molar refractivity (Wildman–Crippen MR) is 201 cm³/mol. The van der Waals surface area contributed by atoms with Crippen molar-refractivity contribution in [2.45, 2.75) is 101 Å². The van der Waals surface area contributed by atoms with Gasteiger partial charge in [-0.1, -0.05) is 74.4 Å². The number of fused-ring (bicyclic) bond motifs is 4. The Hall–Kier alpha value is -1.73. The first-order chi connectivity index (χ1) is 24.7. The molecule has 2 saturated carbocycles. The first kappa shape index (κ1) is 48.3. The van der Waals surface area contributed by atoms with Crippen LogP contribution in [0.25, 0.3) is 10.8 Å². The van der Waals surface area contributed by atoms with Crippen LogP contribution >= 0.6 is 24.4 Å². The van der Waals surface area contributed by atoms with E-state index in [1.807, 2.05) is 48.5 Å². The maximum absolute atomic E-state index is 7.13. The van der Waals surface area contributed by atoms with Crippen LogP contribution in [0.15, 0.2) is 48.5 Å². The van der Waals surface area contributed by atoms with Gasteiger partial charge in [0.2, 0.25) is 0 Å². The number of thiocarbonyl (C=S) groups is 2. The number of isothiocyanates is 2. The molecule has 52 heavy (non-hydrogen) atoms. The van der Waals surface area contributed by atoms with E-state index in [0.29, 0.717) is 26.4 Å². The third-order valence-corrected chi connectivity index (χ3v) is 8.49. The number of benzene rings is 2. The zero-order chi connectivity index (χ0) is 35.5. The zero-order valence-electron chi connectivity index (χ0n) is 31.0. The Morgan fingerprint density at radius 2 is 0.615 bits per heavy atom. The monoisotopic (exact) mass is 742 g/mol. The van der Waals surface area contributed by atoms with Gasteiger partial charge in [-0.2, -0.15) is 10.3 Å². The summed E-state index contributed by atoms with van der Waals surface area (Å²) in [6.45, 7) is 5.52. The first-order valence-corrected chi connectivity index (χ1v) is 18.7. The van der Waals surface area contributed by atoms with Gasteiger partial charge in [0.1, 0.15) is 0 Å². The zero-order valence-corrected chi connectivity index (χ0v) is 32.7. The third-order valence-electron chi connectivity index (χ3n) is 8.49. The van der Waals surface area contributed by atoms with E-state index in [1.165, 1.54) is 36.0 Å². The van der Waals surface area contributed by atoms with Gasteiger partial charge in [0.25, 0.3) is 0 Å². The molecule has 4 aliphatic rings. The van der Waals surface area contributed by atoms with Crippen LogP contribution < -0.4 is 56.7 Å². The van der Waals surface area contributed by atoms with Crippen LogP contribution in [-0.2, 0) is 18.9 Å². The maximum Gasteiger partial charge on any atom is 1.00 e. The number of hydrogen-bond donors (Lipinski definition) is 0. The summed E-state index contributed by atoms with van der Waals surface area (Å²) in [5, 5.41) is 16.9. The number of ether oxygens (including phenoxy) is 8. The molecule has 10 nitrogen and oxygen atoms in total. The largest absolute Gasteiger partial charge is 1.00 e. The van der Waals surface area contributed by atoms with E-state index in [9.17, 15) is 0 Å². The second-order valence-corrected chi connectivity index (χ2v) is 12.5. The Morgan fingerprint density at radius 1 is 0.404 bits per heavy atom. The van der Waals surface area contributed by atoms with Crippen molar-refractivity contribution in [2.24, 2.45) is 0 Å².